The van der Waals surface area contributed by atoms with Gasteiger partial charge in [-0.2, -0.15) is 0 Å². The standard InChI is InChI=1S/C14H24N4S/c1-10(2)13-18-12(9-19-13)6-7-16-14(15)17-8-11-4-3-5-11/h9-11H,3-8H2,1-2H3,(H3,15,16,17). The summed E-state index contributed by atoms with van der Waals surface area (Å²) in [6.07, 6.45) is 4.89. The van der Waals surface area contributed by atoms with Crippen LogP contribution < -0.4 is 11.1 Å². The molecule has 19 heavy (non-hydrogen) atoms. The molecule has 4 nitrogen and oxygen atoms in total. The van der Waals surface area contributed by atoms with E-state index < -0.39 is 0 Å². The first kappa shape index (κ1) is 14.3. The number of nitrogens with two attached hydrogens (primary N) is 1. The lowest BCUT2D eigenvalue weighted by atomic mass is 9.86. The van der Waals surface area contributed by atoms with Crippen LogP contribution in [-0.2, 0) is 6.42 Å². The molecule has 0 spiro atoms. The summed E-state index contributed by atoms with van der Waals surface area (Å²) in [6.45, 7) is 6.03. The van der Waals surface area contributed by atoms with Crippen LogP contribution in [0.3, 0.4) is 0 Å². The largest absolute Gasteiger partial charge is 0.370 e. The summed E-state index contributed by atoms with van der Waals surface area (Å²) < 4.78 is 0. The molecule has 0 bridgehead atoms. The van der Waals surface area contributed by atoms with Crippen molar-refractivity contribution in [2.45, 2.75) is 45.4 Å². The number of hydrogen-bond donors (Lipinski definition) is 2. The monoisotopic (exact) mass is 280 g/mol. The molecule has 1 heterocycles. The summed E-state index contributed by atoms with van der Waals surface area (Å²) in [5, 5.41) is 6.51. The number of hydrogen-bond acceptors (Lipinski definition) is 3. The molecule has 0 radical (unpaired) electrons. The van der Waals surface area contributed by atoms with Crippen molar-refractivity contribution in [2.24, 2.45) is 16.6 Å². The van der Waals surface area contributed by atoms with Gasteiger partial charge in [0.05, 0.1) is 10.7 Å². The molecule has 0 aliphatic heterocycles. The van der Waals surface area contributed by atoms with E-state index in [0.29, 0.717) is 11.9 Å². The predicted molar refractivity (Wildman–Crippen MR) is 81.7 cm³/mol. The van der Waals surface area contributed by atoms with Gasteiger partial charge in [-0.05, 0) is 18.8 Å². The van der Waals surface area contributed by atoms with E-state index in [4.69, 9.17) is 5.73 Å². The number of nitrogens with zero attached hydrogens (tertiary/aromatic N) is 2. The molecule has 1 aliphatic carbocycles. The summed E-state index contributed by atoms with van der Waals surface area (Å²) in [5.74, 6) is 1.86. The van der Waals surface area contributed by atoms with E-state index in [1.807, 2.05) is 0 Å². The SMILES string of the molecule is CC(C)c1nc(CCNC(N)=NCC2CCC2)cs1. The molecule has 1 saturated carbocycles. The molecule has 1 aromatic rings. The Hall–Kier alpha value is -1.10. The maximum atomic E-state index is 5.84. The van der Waals surface area contributed by atoms with Crippen molar-refractivity contribution in [1.29, 1.82) is 0 Å². The minimum atomic E-state index is 0.515. The Morgan fingerprint density at radius 1 is 1.58 bits per heavy atom. The van der Waals surface area contributed by atoms with E-state index in [1.165, 1.54) is 24.3 Å². The van der Waals surface area contributed by atoms with Crippen LogP contribution in [0.1, 0.15) is 49.7 Å². The Morgan fingerprint density at radius 2 is 2.37 bits per heavy atom. The highest BCUT2D eigenvalue weighted by atomic mass is 32.1. The van der Waals surface area contributed by atoms with Gasteiger partial charge in [-0.3, -0.25) is 4.99 Å². The Balaban J connectivity index is 1.67. The van der Waals surface area contributed by atoms with Crippen molar-refractivity contribution in [3.63, 3.8) is 0 Å². The van der Waals surface area contributed by atoms with Gasteiger partial charge in [-0.1, -0.05) is 20.3 Å². The number of rotatable bonds is 6. The van der Waals surface area contributed by atoms with Crippen molar-refractivity contribution < 1.29 is 0 Å². The summed E-state index contributed by atoms with van der Waals surface area (Å²) >= 11 is 1.74. The van der Waals surface area contributed by atoms with Gasteiger partial charge in [-0.25, -0.2) is 4.98 Å². The molecule has 0 atom stereocenters. The van der Waals surface area contributed by atoms with Crippen LogP contribution >= 0.6 is 11.3 Å². The number of aliphatic imine (C=N–C) groups is 1. The number of thiazole rings is 1. The number of guanidine groups is 1. The zero-order chi connectivity index (χ0) is 13.7. The van der Waals surface area contributed by atoms with E-state index >= 15 is 0 Å². The zero-order valence-electron chi connectivity index (χ0n) is 11.9. The highest BCUT2D eigenvalue weighted by Gasteiger charge is 2.16. The fourth-order valence-electron chi connectivity index (χ4n) is 1.98. The molecule has 106 valence electrons. The maximum Gasteiger partial charge on any atom is 0.188 e. The van der Waals surface area contributed by atoms with Gasteiger partial charge in [0.2, 0.25) is 0 Å². The normalized spacial score (nSPS) is 16.7. The fraction of sp³-hybridized carbons (Fsp3) is 0.714. The minimum Gasteiger partial charge on any atom is -0.370 e. The van der Waals surface area contributed by atoms with Gasteiger partial charge >= 0.3 is 0 Å². The second-order valence-electron chi connectivity index (χ2n) is 5.53. The molecule has 3 N–H and O–H groups in total. The topological polar surface area (TPSA) is 63.3 Å². The van der Waals surface area contributed by atoms with E-state index in [-0.39, 0.29) is 0 Å². The van der Waals surface area contributed by atoms with Crippen LogP contribution in [0.4, 0.5) is 0 Å². The van der Waals surface area contributed by atoms with Gasteiger partial charge in [-0.15, -0.1) is 11.3 Å². The van der Waals surface area contributed by atoms with Crippen molar-refractivity contribution in [3.05, 3.63) is 16.1 Å². The van der Waals surface area contributed by atoms with Crippen LogP contribution in [0.15, 0.2) is 10.4 Å². The van der Waals surface area contributed by atoms with Crippen molar-refractivity contribution in [3.8, 4) is 0 Å². The van der Waals surface area contributed by atoms with Crippen LogP contribution in [0.25, 0.3) is 0 Å². The van der Waals surface area contributed by atoms with Gasteiger partial charge in [0.25, 0.3) is 0 Å². The summed E-state index contributed by atoms with van der Waals surface area (Å²) in [7, 11) is 0. The highest BCUT2D eigenvalue weighted by Crippen LogP contribution is 2.26. The first-order valence-corrected chi connectivity index (χ1v) is 8.01. The molecule has 0 saturated heterocycles. The Bertz CT molecular complexity index is 421. The first-order valence-electron chi connectivity index (χ1n) is 7.13. The van der Waals surface area contributed by atoms with Gasteiger partial charge in [0.15, 0.2) is 5.96 Å². The summed E-state index contributed by atoms with van der Waals surface area (Å²) in [5.41, 5.74) is 6.99. The third-order valence-electron chi connectivity index (χ3n) is 3.50. The zero-order valence-corrected chi connectivity index (χ0v) is 12.7. The highest BCUT2D eigenvalue weighted by molar-refractivity contribution is 7.09. The lowest BCUT2D eigenvalue weighted by Crippen LogP contribution is -2.34. The molecule has 0 amide bonds. The van der Waals surface area contributed by atoms with Crippen LogP contribution in [0.5, 0.6) is 0 Å². The van der Waals surface area contributed by atoms with Crippen molar-refractivity contribution >= 4 is 17.3 Å². The molecular weight excluding hydrogens is 256 g/mol. The molecule has 0 unspecified atom stereocenters. The van der Waals surface area contributed by atoms with Gasteiger partial charge in [0.1, 0.15) is 0 Å². The third-order valence-corrected chi connectivity index (χ3v) is 4.69. The summed E-state index contributed by atoms with van der Waals surface area (Å²) in [4.78, 5) is 8.98. The molecule has 1 fully saturated rings. The molecular formula is C14H24N4S. The molecule has 1 aromatic heterocycles. The number of aromatic nitrogens is 1. The quantitative estimate of drug-likeness (QED) is 0.621. The van der Waals surface area contributed by atoms with Crippen molar-refractivity contribution in [2.75, 3.05) is 13.1 Å². The maximum absolute atomic E-state index is 5.84. The second kappa shape index (κ2) is 6.89. The Labute approximate surface area is 119 Å². The molecule has 2 rings (SSSR count). The smallest absolute Gasteiger partial charge is 0.188 e. The average Bonchev–Trinajstić information content (AvgIpc) is 2.76. The van der Waals surface area contributed by atoms with Crippen LogP contribution in [0, 0.1) is 5.92 Å². The lowest BCUT2D eigenvalue weighted by molar-refractivity contribution is 0.326. The second-order valence-corrected chi connectivity index (χ2v) is 6.42. The lowest BCUT2D eigenvalue weighted by Gasteiger charge is -2.23. The fourth-order valence-corrected chi connectivity index (χ4v) is 2.85. The number of nitrogens with one attached hydrogen (secondary N) is 1. The first-order chi connectivity index (χ1) is 9.15. The van der Waals surface area contributed by atoms with Crippen molar-refractivity contribution in [1.82, 2.24) is 10.3 Å². The van der Waals surface area contributed by atoms with E-state index in [2.05, 4.69) is 34.5 Å². The van der Waals surface area contributed by atoms with E-state index in [9.17, 15) is 0 Å². The van der Waals surface area contributed by atoms with E-state index in [0.717, 1.165) is 31.1 Å². The van der Waals surface area contributed by atoms with Crippen LogP contribution in [0.2, 0.25) is 0 Å². The van der Waals surface area contributed by atoms with Gasteiger partial charge in [0, 0.05) is 30.8 Å². The van der Waals surface area contributed by atoms with Gasteiger partial charge < -0.3 is 11.1 Å². The molecule has 1 aliphatic rings. The predicted octanol–water partition coefficient (Wildman–Crippen LogP) is 2.51. The summed E-state index contributed by atoms with van der Waals surface area (Å²) in [6, 6.07) is 0. The van der Waals surface area contributed by atoms with E-state index in [1.54, 1.807) is 11.3 Å². The third kappa shape index (κ3) is 4.49. The molecule has 5 heteroatoms. The van der Waals surface area contributed by atoms with Crippen LogP contribution in [-0.4, -0.2) is 24.0 Å². The Morgan fingerprint density at radius 3 is 2.95 bits per heavy atom. The Kier molecular flexibility index (Phi) is 5.19. The molecule has 0 aromatic carbocycles. The minimum absolute atomic E-state index is 0.515. The average molecular weight is 280 g/mol.